The van der Waals surface area contributed by atoms with E-state index in [0.717, 1.165) is 37.0 Å². The lowest BCUT2D eigenvalue weighted by atomic mass is 9.85. The summed E-state index contributed by atoms with van der Waals surface area (Å²) < 4.78 is 42.5. The second-order valence-corrected chi connectivity index (χ2v) is 8.05. The molecule has 164 valence electrons. The van der Waals surface area contributed by atoms with E-state index in [-0.39, 0.29) is 36.7 Å². The van der Waals surface area contributed by atoms with E-state index in [1.54, 1.807) is 0 Å². The van der Waals surface area contributed by atoms with Crippen molar-refractivity contribution < 1.29 is 18.0 Å². The summed E-state index contributed by atoms with van der Waals surface area (Å²) >= 11 is 0. The van der Waals surface area contributed by atoms with Crippen molar-refractivity contribution in [3.63, 3.8) is 0 Å². The minimum atomic E-state index is -1.24. The molecule has 4 rings (SSSR count). The van der Waals surface area contributed by atoms with Gasteiger partial charge in [-0.15, -0.1) is 22.6 Å². The van der Waals surface area contributed by atoms with Gasteiger partial charge in [-0.2, -0.15) is 0 Å². The maximum atomic E-state index is 13.8. The van der Waals surface area contributed by atoms with Crippen LogP contribution in [0, 0.1) is 30.3 Å². The summed E-state index contributed by atoms with van der Waals surface area (Å²) in [5.74, 6) is -1.04. The predicted molar refractivity (Wildman–Crippen MR) is 107 cm³/mol. The van der Waals surface area contributed by atoms with Crippen molar-refractivity contribution in [1.82, 2.24) is 19.7 Å². The number of fused-ring (bicyclic) bond motifs is 3. The fourth-order valence-electron chi connectivity index (χ4n) is 4.63. The summed E-state index contributed by atoms with van der Waals surface area (Å²) in [6, 6.07) is 0.955. The molecular weight excluding hydrogens is 419 g/mol. The monoisotopic (exact) mass is 443 g/mol. The third-order valence-corrected chi connectivity index (χ3v) is 6.06. The van der Waals surface area contributed by atoms with Crippen LogP contribution in [0.25, 0.3) is 0 Å². The molecule has 2 N–H and O–H groups in total. The number of likely N-dealkylation sites (tertiary alicyclic amines) is 1. The Morgan fingerprint density at radius 2 is 1.93 bits per heavy atom. The minimum absolute atomic E-state index is 0. The zero-order valence-corrected chi connectivity index (χ0v) is 17.5. The van der Waals surface area contributed by atoms with Crippen molar-refractivity contribution in [2.45, 2.75) is 51.1 Å². The Balaban J connectivity index is 0.00000256. The number of carbonyl (C=O) groups is 1. The average molecular weight is 444 g/mol. The summed E-state index contributed by atoms with van der Waals surface area (Å²) in [4.78, 5) is 14.5. The van der Waals surface area contributed by atoms with Crippen LogP contribution in [0.4, 0.5) is 13.2 Å². The van der Waals surface area contributed by atoms with Crippen molar-refractivity contribution in [2.24, 2.45) is 11.7 Å². The second kappa shape index (κ2) is 8.93. The number of aromatic nitrogens is 3. The van der Waals surface area contributed by atoms with Gasteiger partial charge in [-0.05, 0) is 43.7 Å². The van der Waals surface area contributed by atoms with Crippen LogP contribution in [0.1, 0.15) is 42.5 Å². The van der Waals surface area contributed by atoms with Crippen molar-refractivity contribution in [3.05, 3.63) is 46.8 Å². The van der Waals surface area contributed by atoms with E-state index in [2.05, 4.69) is 14.8 Å². The number of amides is 1. The van der Waals surface area contributed by atoms with Crippen molar-refractivity contribution >= 4 is 18.3 Å². The van der Waals surface area contributed by atoms with Crippen LogP contribution in [0.3, 0.4) is 0 Å². The topological polar surface area (TPSA) is 77.0 Å². The van der Waals surface area contributed by atoms with Gasteiger partial charge in [0, 0.05) is 44.1 Å². The van der Waals surface area contributed by atoms with Crippen molar-refractivity contribution in [3.8, 4) is 0 Å². The van der Waals surface area contributed by atoms with Crippen LogP contribution < -0.4 is 5.73 Å². The molecule has 2 aliphatic rings. The molecule has 6 nitrogen and oxygen atoms in total. The highest BCUT2D eigenvalue weighted by molar-refractivity contribution is 5.85. The fourth-order valence-corrected chi connectivity index (χ4v) is 4.63. The number of nitrogens with zero attached hydrogens (tertiary/aromatic N) is 4. The molecule has 1 amide bonds. The minimum Gasteiger partial charge on any atom is -0.342 e. The van der Waals surface area contributed by atoms with Crippen LogP contribution in [-0.2, 0) is 17.6 Å². The number of hydrogen-bond acceptors (Lipinski definition) is 4. The van der Waals surface area contributed by atoms with Gasteiger partial charge in [-0.3, -0.25) is 4.79 Å². The van der Waals surface area contributed by atoms with Gasteiger partial charge in [0.05, 0.1) is 0 Å². The Labute approximate surface area is 179 Å². The molecule has 0 aliphatic carbocycles. The van der Waals surface area contributed by atoms with Gasteiger partial charge in [0.25, 0.3) is 0 Å². The molecule has 1 aromatic carbocycles. The molecular formula is C20H25ClF3N5O. The van der Waals surface area contributed by atoms with Crippen LogP contribution in [-0.4, -0.2) is 44.7 Å². The maximum Gasteiger partial charge on any atom is 0.224 e. The SMILES string of the molecule is Cc1nnc2n1[C@@H]1CCN(C(=O)C[C@H](N)Cc3cc(F)c(F)cc3F)C[C@@H]1CC2.Cl. The van der Waals surface area contributed by atoms with Crippen LogP contribution in [0.15, 0.2) is 12.1 Å². The zero-order valence-electron chi connectivity index (χ0n) is 16.7. The number of hydrogen-bond donors (Lipinski definition) is 1. The Morgan fingerprint density at radius 3 is 2.70 bits per heavy atom. The third kappa shape index (κ3) is 4.32. The molecule has 3 heterocycles. The number of carbonyl (C=O) groups excluding carboxylic acids is 1. The van der Waals surface area contributed by atoms with Gasteiger partial charge >= 0.3 is 0 Å². The van der Waals surface area contributed by atoms with E-state index in [0.29, 0.717) is 31.1 Å². The number of piperidine rings is 1. The smallest absolute Gasteiger partial charge is 0.224 e. The van der Waals surface area contributed by atoms with Crippen molar-refractivity contribution in [1.29, 1.82) is 0 Å². The molecule has 1 fully saturated rings. The number of rotatable bonds is 4. The highest BCUT2D eigenvalue weighted by Gasteiger charge is 2.37. The first-order valence-electron chi connectivity index (χ1n) is 9.90. The number of nitrogens with two attached hydrogens (primary N) is 1. The normalized spacial score (nSPS) is 21.4. The summed E-state index contributed by atoms with van der Waals surface area (Å²) in [6.45, 7) is 3.21. The van der Waals surface area contributed by atoms with E-state index in [4.69, 9.17) is 5.73 Å². The molecule has 3 atom stereocenters. The number of halogens is 4. The van der Waals surface area contributed by atoms with Crippen LogP contribution >= 0.6 is 12.4 Å². The van der Waals surface area contributed by atoms with Gasteiger partial charge in [-0.25, -0.2) is 13.2 Å². The zero-order chi connectivity index (χ0) is 20.7. The van der Waals surface area contributed by atoms with Crippen molar-refractivity contribution in [2.75, 3.05) is 13.1 Å². The first-order valence-corrected chi connectivity index (χ1v) is 9.90. The lowest BCUT2D eigenvalue weighted by Crippen LogP contribution is -2.47. The lowest BCUT2D eigenvalue weighted by molar-refractivity contribution is -0.134. The first kappa shape index (κ1) is 22.6. The summed E-state index contributed by atoms with van der Waals surface area (Å²) in [5, 5.41) is 8.41. The van der Waals surface area contributed by atoms with Crippen LogP contribution in [0.2, 0.25) is 0 Å². The van der Waals surface area contributed by atoms with Gasteiger partial charge in [0.15, 0.2) is 11.6 Å². The molecule has 0 spiro atoms. The van der Waals surface area contributed by atoms with Crippen LogP contribution in [0.5, 0.6) is 0 Å². The fraction of sp³-hybridized carbons (Fsp3) is 0.550. The largest absolute Gasteiger partial charge is 0.342 e. The first-order chi connectivity index (χ1) is 13.8. The second-order valence-electron chi connectivity index (χ2n) is 8.05. The number of benzene rings is 1. The van der Waals surface area contributed by atoms with E-state index in [1.165, 1.54) is 0 Å². The standard InChI is InChI=1S/C20H24F3N5O.ClH/c1-11-25-26-19-3-2-12-10-27(5-4-18(12)28(11)19)20(29)8-14(24)6-13-7-16(22)17(23)9-15(13)21;/h7,9,12,14,18H,2-6,8,10,24H2,1H3;1H/t12-,14+,18+;/m0./s1. The molecule has 2 aromatic rings. The quantitative estimate of drug-likeness (QED) is 0.737. The predicted octanol–water partition coefficient (Wildman–Crippen LogP) is 2.72. The Hall–Kier alpha value is -2.13. The Morgan fingerprint density at radius 1 is 1.20 bits per heavy atom. The molecule has 0 bridgehead atoms. The van der Waals surface area contributed by atoms with Gasteiger partial charge in [-0.1, -0.05) is 0 Å². The Kier molecular flexibility index (Phi) is 6.71. The highest BCUT2D eigenvalue weighted by atomic mass is 35.5. The molecule has 30 heavy (non-hydrogen) atoms. The molecule has 0 saturated carbocycles. The molecule has 0 unspecified atom stereocenters. The van der Waals surface area contributed by atoms with E-state index >= 15 is 0 Å². The molecule has 2 aliphatic heterocycles. The average Bonchev–Trinajstić information content (AvgIpc) is 3.07. The lowest BCUT2D eigenvalue weighted by Gasteiger charge is -2.42. The molecule has 1 saturated heterocycles. The summed E-state index contributed by atoms with van der Waals surface area (Å²) in [7, 11) is 0. The van der Waals surface area contributed by atoms with Gasteiger partial charge in [0.2, 0.25) is 5.91 Å². The van der Waals surface area contributed by atoms with Gasteiger partial charge < -0.3 is 15.2 Å². The van der Waals surface area contributed by atoms with E-state index in [9.17, 15) is 18.0 Å². The van der Waals surface area contributed by atoms with Gasteiger partial charge in [0.1, 0.15) is 17.5 Å². The number of aryl methyl sites for hydroxylation is 2. The Bertz CT molecular complexity index is 937. The maximum absolute atomic E-state index is 13.8. The van der Waals surface area contributed by atoms with E-state index < -0.39 is 23.5 Å². The summed E-state index contributed by atoms with van der Waals surface area (Å²) in [5.41, 5.74) is 6.00. The highest BCUT2D eigenvalue weighted by Crippen LogP contribution is 2.37. The van der Waals surface area contributed by atoms with E-state index in [1.807, 2.05) is 11.8 Å². The third-order valence-electron chi connectivity index (χ3n) is 6.06. The summed E-state index contributed by atoms with van der Waals surface area (Å²) in [6.07, 6.45) is 2.64. The molecule has 1 aromatic heterocycles. The molecule has 10 heteroatoms. The molecule has 0 radical (unpaired) electrons.